The van der Waals surface area contributed by atoms with Crippen molar-refractivity contribution in [2.75, 3.05) is 0 Å². The molecule has 0 saturated heterocycles. The van der Waals surface area contributed by atoms with E-state index >= 15 is 0 Å². The Bertz CT molecular complexity index is 986. The lowest BCUT2D eigenvalue weighted by Crippen LogP contribution is -2.11. The Kier molecular flexibility index (Phi) is 4.89. The van der Waals surface area contributed by atoms with Gasteiger partial charge in [0.15, 0.2) is 5.75 Å². The SMILES string of the molecule is CCC(=O)Oc1c(C(=O)c2cc(C)ccn2)[nH]c2ccc(C(C)C)cc12. The Morgan fingerprint density at radius 1 is 1.19 bits per heavy atom. The van der Waals surface area contributed by atoms with Crippen molar-refractivity contribution in [1.82, 2.24) is 9.97 Å². The monoisotopic (exact) mass is 350 g/mol. The third kappa shape index (κ3) is 3.38. The number of ether oxygens (including phenoxy) is 1. The predicted octanol–water partition coefficient (Wildman–Crippen LogP) is 4.54. The average molecular weight is 350 g/mol. The zero-order valence-corrected chi connectivity index (χ0v) is 15.4. The summed E-state index contributed by atoms with van der Waals surface area (Å²) in [6.07, 6.45) is 1.83. The zero-order valence-electron chi connectivity index (χ0n) is 15.4. The number of rotatable bonds is 5. The van der Waals surface area contributed by atoms with E-state index < -0.39 is 0 Å². The Labute approximate surface area is 152 Å². The number of pyridine rings is 1. The Hall–Kier alpha value is -2.95. The standard InChI is InChI=1S/C21H22N2O3/c1-5-18(24)26-21-15-11-14(12(2)3)6-7-16(15)23-19(21)20(25)17-10-13(4)8-9-22-17/h6-12,23H,5H2,1-4H3. The van der Waals surface area contributed by atoms with Gasteiger partial charge in [0.25, 0.3) is 0 Å². The summed E-state index contributed by atoms with van der Waals surface area (Å²) in [7, 11) is 0. The quantitative estimate of drug-likeness (QED) is 0.541. The molecular weight excluding hydrogens is 328 g/mol. The molecule has 1 aromatic carbocycles. The highest BCUT2D eigenvalue weighted by Gasteiger charge is 2.23. The summed E-state index contributed by atoms with van der Waals surface area (Å²) >= 11 is 0. The minimum Gasteiger partial charge on any atom is -0.423 e. The number of hydrogen-bond acceptors (Lipinski definition) is 4. The first-order valence-electron chi connectivity index (χ1n) is 8.74. The fraction of sp³-hybridized carbons (Fsp3) is 0.286. The van der Waals surface area contributed by atoms with Crippen LogP contribution in [0.1, 0.15) is 60.4 Å². The first kappa shape index (κ1) is 17.9. The molecule has 0 spiro atoms. The maximum Gasteiger partial charge on any atom is 0.310 e. The van der Waals surface area contributed by atoms with Gasteiger partial charge in [-0.05, 0) is 48.2 Å². The van der Waals surface area contributed by atoms with Crippen molar-refractivity contribution >= 4 is 22.7 Å². The molecule has 5 nitrogen and oxygen atoms in total. The molecule has 0 aliphatic rings. The number of nitrogens with one attached hydrogen (secondary N) is 1. The van der Waals surface area contributed by atoms with E-state index in [4.69, 9.17) is 4.74 Å². The number of fused-ring (bicyclic) bond motifs is 1. The molecule has 3 rings (SSSR count). The molecule has 26 heavy (non-hydrogen) atoms. The van der Waals surface area contributed by atoms with Crippen LogP contribution in [-0.2, 0) is 4.79 Å². The smallest absolute Gasteiger partial charge is 0.310 e. The molecule has 0 bridgehead atoms. The Morgan fingerprint density at radius 3 is 2.62 bits per heavy atom. The predicted molar refractivity (Wildman–Crippen MR) is 101 cm³/mol. The van der Waals surface area contributed by atoms with Crippen molar-refractivity contribution < 1.29 is 14.3 Å². The van der Waals surface area contributed by atoms with E-state index in [9.17, 15) is 9.59 Å². The van der Waals surface area contributed by atoms with Crippen LogP contribution in [0.3, 0.4) is 0 Å². The van der Waals surface area contributed by atoms with E-state index in [1.165, 1.54) is 0 Å². The van der Waals surface area contributed by atoms with Gasteiger partial charge in [0, 0.05) is 23.5 Å². The minimum atomic E-state index is -0.382. The van der Waals surface area contributed by atoms with E-state index in [1.54, 1.807) is 19.2 Å². The zero-order chi connectivity index (χ0) is 18.8. The minimum absolute atomic E-state index is 0.229. The molecule has 0 fully saturated rings. The number of hydrogen-bond donors (Lipinski definition) is 1. The highest BCUT2D eigenvalue weighted by Crippen LogP contribution is 2.34. The van der Waals surface area contributed by atoms with Crippen molar-refractivity contribution in [3.8, 4) is 5.75 Å². The molecule has 5 heteroatoms. The van der Waals surface area contributed by atoms with Gasteiger partial charge in [0.1, 0.15) is 11.4 Å². The van der Waals surface area contributed by atoms with Gasteiger partial charge in [-0.15, -0.1) is 0 Å². The number of benzene rings is 1. The summed E-state index contributed by atoms with van der Waals surface area (Å²) in [6, 6.07) is 9.44. The van der Waals surface area contributed by atoms with Gasteiger partial charge in [-0.3, -0.25) is 14.6 Å². The van der Waals surface area contributed by atoms with Crippen molar-refractivity contribution in [3.05, 3.63) is 59.0 Å². The molecule has 2 heterocycles. The van der Waals surface area contributed by atoms with E-state index in [-0.39, 0.29) is 29.6 Å². The molecule has 134 valence electrons. The van der Waals surface area contributed by atoms with Gasteiger partial charge in [0.05, 0.1) is 0 Å². The van der Waals surface area contributed by atoms with E-state index in [0.29, 0.717) is 11.6 Å². The number of aromatic nitrogens is 2. The highest BCUT2D eigenvalue weighted by molar-refractivity contribution is 6.13. The summed E-state index contributed by atoms with van der Waals surface area (Å²) in [4.78, 5) is 32.2. The second-order valence-electron chi connectivity index (χ2n) is 6.66. The van der Waals surface area contributed by atoms with Gasteiger partial charge in [-0.1, -0.05) is 26.8 Å². The van der Waals surface area contributed by atoms with Gasteiger partial charge < -0.3 is 9.72 Å². The summed E-state index contributed by atoms with van der Waals surface area (Å²) in [5.41, 5.74) is 3.37. The molecule has 3 aromatic rings. The first-order valence-corrected chi connectivity index (χ1v) is 8.74. The summed E-state index contributed by atoms with van der Waals surface area (Å²) in [5, 5.41) is 0.731. The number of nitrogens with zero attached hydrogens (tertiary/aromatic N) is 1. The fourth-order valence-corrected chi connectivity index (χ4v) is 2.78. The Morgan fingerprint density at radius 2 is 1.96 bits per heavy atom. The normalized spacial score (nSPS) is 11.1. The number of H-pyrrole nitrogens is 1. The van der Waals surface area contributed by atoms with Crippen LogP contribution in [0.4, 0.5) is 0 Å². The number of aryl methyl sites for hydroxylation is 1. The molecule has 0 atom stereocenters. The van der Waals surface area contributed by atoms with Gasteiger partial charge in [-0.25, -0.2) is 0 Å². The van der Waals surface area contributed by atoms with Crippen molar-refractivity contribution in [2.45, 2.75) is 40.0 Å². The summed E-state index contributed by atoms with van der Waals surface area (Å²) in [5.74, 6) is -0.0775. The number of carbonyl (C=O) groups excluding carboxylic acids is 2. The molecule has 1 N–H and O–H groups in total. The Balaban J connectivity index is 2.18. The van der Waals surface area contributed by atoms with Crippen LogP contribution in [0.25, 0.3) is 10.9 Å². The second kappa shape index (κ2) is 7.12. The maximum absolute atomic E-state index is 13.0. The number of carbonyl (C=O) groups is 2. The molecule has 2 aromatic heterocycles. The van der Waals surface area contributed by atoms with Crippen LogP contribution in [0, 0.1) is 6.92 Å². The lowest BCUT2D eigenvalue weighted by molar-refractivity contribution is -0.133. The molecule has 0 unspecified atom stereocenters. The number of ketones is 1. The highest BCUT2D eigenvalue weighted by atomic mass is 16.5. The molecule has 0 aliphatic carbocycles. The van der Waals surface area contributed by atoms with Crippen LogP contribution in [0.15, 0.2) is 36.5 Å². The lowest BCUT2D eigenvalue weighted by atomic mass is 10.0. The molecule has 0 radical (unpaired) electrons. The number of aromatic amines is 1. The fourth-order valence-electron chi connectivity index (χ4n) is 2.78. The van der Waals surface area contributed by atoms with E-state index in [1.807, 2.05) is 31.2 Å². The first-order chi connectivity index (χ1) is 12.4. The molecule has 0 amide bonds. The van der Waals surface area contributed by atoms with Crippen LogP contribution in [0.2, 0.25) is 0 Å². The summed E-state index contributed by atoms with van der Waals surface area (Å²) in [6.45, 7) is 7.81. The second-order valence-corrected chi connectivity index (χ2v) is 6.66. The van der Waals surface area contributed by atoms with E-state index in [2.05, 4.69) is 23.8 Å². The summed E-state index contributed by atoms with van der Waals surface area (Å²) < 4.78 is 5.54. The lowest BCUT2D eigenvalue weighted by Gasteiger charge is -2.07. The van der Waals surface area contributed by atoms with Crippen molar-refractivity contribution in [2.24, 2.45) is 0 Å². The van der Waals surface area contributed by atoms with Crippen LogP contribution in [0.5, 0.6) is 5.75 Å². The van der Waals surface area contributed by atoms with Crippen molar-refractivity contribution in [1.29, 1.82) is 0 Å². The van der Waals surface area contributed by atoms with Crippen LogP contribution in [-0.4, -0.2) is 21.7 Å². The van der Waals surface area contributed by atoms with E-state index in [0.717, 1.165) is 22.0 Å². The third-order valence-electron chi connectivity index (χ3n) is 4.32. The van der Waals surface area contributed by atoms with Crippen LogP contribution >= 0.6 is 0 Å². The largest absolute Gasteiger partial charge is 0.423 e. The topological polar surface area (TPSA) is 72.1 Å². The van der Waals surface area contributed by atoms with Gasteiger partial charge in [-0.2, -0.15) is 0 Å². The molecule has 0 saturated carbocycles. The van der Waals surface area contributed by atoms with Crippen molar-refractivity contribution in [3.63, 3.8) is 0 Å². The van der Waals surface area contributed by atoms with Gasteiger partial charge >= 0.3 is 5.97 Å². The third-order valence-corrected chi connectivity index (χ3v) is 4.32. The van der Waals surface area contributed by atoms with Crippen LogP contribution < -0.4 is 4.74 Å². The maximum atomic E-state index is 13.0. The molecule has 0 aliphatic heterocycles. The number of esters is 1. The van der Waals surface area contributed by atoms with Gasteiger partial charge in [0.2, 0.25) is 5.78 Å². The average Bonchev–Trinajstić information content (AvgIpc) is 2.98. The molecular formula is C21H22N2O3.